The summed E-state index contributed by atoms with van der Waals surface area (Å²) in [6, 6.07) is 3.90. The van der Waals surface area contributed by atoms with Crippen molar-refractivity contribution in [1.29, 1.82) is 0 Å². The Kier molecular flexibility index (Phi) is 4.30. The Balaban J connectivity index is 1.92. The minimum atomic E-state index is 0.718. The zero-order valence-corrected chi connectivity index (χ0v) is 10.8. The minimum absolute atomic E-state index is 0.718. The van der Waals surface area contributed by atoms with Gasteiger partial charge < -0.3 is 14.5 Å². The summed E-state index contributed by atoms with van der Waals surface area (Å²) >= 11 is 1.64. The second kappa shape index (κ2) is 5.95. The molecule has 0 atom stereocenters. The van der Waals surface area contributed by atoms with E-state index in [1.807, 2.05) is 24.4 Å². The smallest absolute Gasteiger partial charge is 0.153 e. The van der Waals surface area contributed by atoms with Crippen LogP contribution in [0.4, 0.5) is 0 Å². The van der Waals surface area contributed by atoms with Gasteiger partial charge in [-0.3, -0.25) is 0 Å². The summed E-state index contributed by atoms with van der Waals surface area (Å²) in [6.07, 6.45) is 0. The summed E-state index contributed by atoms with van der Waals surface area (Å²) in [7, 11) is 1.70. The lowest BCUT2D eigenvalue weighted by Gasteiger charge is -1.99. The highest BCUT2D eigenvalue weighted by Crippen LogP contribution is 2.23. The number of nitrogens with zero attached hydrogens (tertiary/aromatic N) is 1. The Morgan fingerprint density at radius 1 is 1.47 bits per heavy atom. The van der Waals surface area contributed by atoms with Gasteiger partial charge in [0, 0.05) is 25.6 Å². The Hall–Kier alpha value is -1.17. The third-order valence-corrected chi connectivity index (χ3v) is 3.15. The monoisotopic (exact) mass is 252 g/mol. The molecule has 0 unspecified atom stereocenters. The molecular formula is C12H16N2O2S. The zero-order valence-electron chi connectivity index (χ0n) is 10.0. The van der Waals surface area contributed by atoms with Crippen LogP contribution in [-0.2, 0) is 11.3 Å². The van der Waals surface area contributed by atoms with Gasteiger partial charge in [-0.15, -0.1) is 11.3 Å². The molecule has 0 aromatic carbocycles. The molecule has 0 aliphatic heterocycles. The summed E-state index contributed by atoms with van der Waals surface area (Å²) in [5.41, 5.74) is 0.909. The number of hydrogen-bond acceptors (Lipinski definition) is 5. The van der Waals surface area contributed by atoms with Gasteiger partial charge in [0.2, 0.25) is 0 Å². The summed E-state index contributed by atoms with van der Waals surface area (Å²) in [6.45, 7) is 4.26. The molecule has 0 saturated heterocycles. The molecule has 0 amide bonds. The van der Waals surface area contributed by atoms with E-state index in [0.717, 1.165) is 41.9 Å². The van der Waals surface area contributed by atoms with E-state index in [1.165, 1.54) is 0 Å². The number of methoxy groups -OCH3 is 1. The van der Waals surface area contributed by atoms with E-state index < -0.39 is 0 Å². The average Bonchev–Trinajstić information content (AvgIpc) is 2.93. The number of aromatic nitrogens is 1. The number of rotatable bonds is 6. The summed E-state index contributed by atoms with van der Waals surface area (Å²) in [5, 5.41) is 6.34. The number of hydrogen-bond donors (Lipinski definition) is 1. The molecule has 0 aliphatic carbocycles. The normalized spacial score (nSPS) is 10.9. The van der Waals surface area contributed by atoms with Gasteiger partial charge in [0.1, 0.15) is 16.5 Å². The van der Waals surface area contributed by atoms with Crippen molar-refractivity contribution in [2.24, 2.45) is 0 Å². The molecule has 0 fully saturated rings. The highest BCUT2D eigenvalue weighted by atomic mass is 32.1. The zero-order chi connectivity index (χ0) is 12.1. The van der Waals surface area contributed by atoms with Crippen LogP contribution in [0.3, 0.4) is 0 Å². The van der Waals surface area contributed by atoms with Gasteiger partial charge in [0.15, 0.2) is 5.76 Å². The van der Waals surface area contributed by atoms with Crippen LogP contribution in [-0.4, -0.2) is 25.2 Å². The van der Waals surface area contributed by atoms with E-state index in [9.17, 15) is 0 Å². The molecule has 0 bridgehead atoms. The fraction of sp³-hybridized carbons (Fsp3) is 0.417. The molecule has 0 spiro atoms. The summed E-state index contributed by atoms with van der Waals surface area (Å²) in [4.78, 5) is 4.51. The van der Waals surface area contributed by atoms with Gasteiger partial charge in [-0.1, -0.05) is 0 Å². The second-order valence-corrected chi connectivity index (χ2v) is 4.65. The standard InChI is InChI=1S/C12H16N2O2S/c1-9-3-4-11(16-9)10-8-17-12(14-10)7-13-5-6-15-2/h3-4,8,13H,5-7H2,1-2H3. The van der Waals surface area contributed by atoms with Crippen LogP contribution in [0.1, 0.15) is 10.8 Å². The Morgan fingerprint density at radius 3 is 3.06 bits per heavy atom. The molecule has 0 saturated carbocycles. The van der Waals surface area contributed by atoms with Crippen LogP contribution in [0.15, 0.2) is 21.9 Å². The topological polar surface area (TPSA) is 47.3 Å². The Bertz CT molecular complexity index is 465. The van der Waals surface area contributed by atoms with Crippen molar-refractivity contribution in [1.82, 2.24) is 10.3 Å². The van der Waals surface area contributed by atoms with Crippen molar-refractivity contribution < 1.29 is 9.15 Å². The maximum absolute atomic E-state index is 5.53. The molecular weight excluding hydrogens is 236 g/mol. The SMILES string of the molecule is COCCNCc1nc(-c2ccc(C)o2)cs1. The van der Waals surface area contributed by atoms with Crippen LogP contribution in [0.5, 0.6) is 0 Å². The Morgan fingerprint density at radius 2 is 2.35 bits per heavy atom. The van der Waals surface area contributed by atoms with Gasteiger partial charge in [-0.25, -0.2) is 4.98 Å². The van der Waals surface area contributed by atoms with Crippen molar-refractivity contribution >= 4 is 11.3 Å². The molecule has 1 N–H and O–H groups in total. The molecule has 92 valence electrons. The first-order chi connectivity index (χ1) is 8.29. The number of thiazole rings is 1. The molecule has 5 heteroatoms. The van der Waals surface area contributed by atoms with Crippen molar-refractivity contribution in [3.05, 3.63) is 28.3 Å². The van der Waals surface area contributed by atoms with Crippen LogP contribution >= 0.6 is 11.3 Å². The molecule has 2 aromatic heterocycles. The third-order valence-electron chi connectivity index (χ3n) is 2.30. The van der Waals surface area contributed by atoms with E-state index in [2.05, 4.69) is 10.3 Å². The van der Waals surface area contributed by atoms with Gasteiger partial charge in [0.05, 0.1) is 6.61 Å². The lowest BCUT2D eigenvalue weighted by molar-refractivity contribution is 0.199. The van der Waals surface area contributed by atoms with E-state index in [1.54, 1.807) is 18.4 Å². The van der Waals surface area contributed by atoms with Crippen LogP contribution in [0.25, 0.3) is 11.5 Å². The summed E-state index contributed by atoms with van der Waals surface area (Å²) in [5.74, 6) is 1.75. The molecule has 2 rings (SSSR count). The number of aryl methyl sites for hydroxylation is 1. The number of ether oxygens (including phenoxy) is 1. The minimum Gasteiger partial charge on any atom is -0.460 e. The second-order valence-electron chi connectivity index (χ2n) is 3.71. The molecule has 2 aromatic rings. The van der Waals surface area contributed by atoms with Crippen LogP contribution in [0, 0.1) is 6.92 Å². The average molecular weight is 252 g/mol. The maximum atomic E-state index is 5.53. The maximum Gasteiger partial charge on any atom is 0.153 e. The quantitative estimate of drug-likeness (QED) is 0.802. The first kappa shape index (κ1) is 12.3. The molecule has 2 heterocycles. The van der Waals surface area contributed by atoms with Gasteiger partial charge >= 0.3 is 0 Å². The lowest BCUT2D eigenvalue weighted by Crippen LogP contribution is -2.18. The van der Waals surface area contributed by atoms with E-state index >= 15 is 0 Å². The van der Waals surface area contributed by atoms with E-state index in [0.29, 0.717) is 0 Å². The molecule has 17 heavy (non-hydrogen) atoms. The van der Waals surface area contributed by atoms with E-state index in [4.69, 9.17) is 9.15 Å². The van der Waals surface area contributed by atoms with Crippen molar-refractivity contribution in [2.45, 2.75) is 13.5 Å². The third kappa shape index (κ3) is 3.39. The molecule has 0 radical (unpaired) electrons. The molecule has 0 aliphatic rings. The van der Waals surface area contributed by atoms with E-state index in [-0.39, 0.29) is 0 Å². The van der Waals surface area contributed by atoms with Crippen LogP contribution < -0.4 is 5.32 Å². The van der Waals surface area contributed by atoms with Crippen molar-refractivity contribution in [3.8, 4) is 11.5 Å². The molecule has 4 nitrogen and oxygen atoms in total. The fourth-order valence-corrected chi connectivity index (χ4v) is 2.20. The summed E-state index contributed by atoms with van der Waals surface area (Å²) < 4.78 is 10.5. The highest BCUT2D eigenvalue weighted by molar-refractivity contribution is 7.09. The predicted octanol–water partition coefficient (Wildman–Crippen LogP) is 2.45. The van der Waals surface area contributed by atoms with Gasteiger partial charge in [-0.2, -0.15) is 0 Å². The fourth-order valence-electron chi connectivity index (χ4n) is 1.45. The van der Waals surface area contributed by atoms with Gasteiger partial charge in [0.25, 0.3) is 0 Å². The largest absolute Gasteiger partial charge is 0.460 e. The highest BCUT2D eigenvalue weighted by Gasteiger charge is 2.07. The van der Waals surface area contributed by atoms with Gasteiger partial charge in [-0.05, 0) is 19.1 Å². The van der Waals surface area contributed by atoms with Crippen molar-refractivity contribution in [3.63, 3.8) is 0 Å². The first-order valence-electron chi connectivity index (χ1n) is 5.50. The number of nitrogens with one attached hydrogen (secondary N) is 1. The number of furan rings is 1. The van der Waals surface area contributed by atoms with Crippen LogP contribution in [0.2, 0.25) is 0 Å². The van der Waals surface area contributed by atoms with Crippen molar-refractivity contribution in [2.75, 3.05) is 20.3 Å². The first-order valence-corrected chi connectivity index (χ1v) is 6.38. The predicted molar refractivity (Wildman–Crippen MR) is 68.1 cm³/mol. The lowest BCUT2D eigenvalue weighted by atomic mass is 10.3. The Labute approximate surface area is 105 Å².